The molecule has 1 saturated carbocycles. The van der Waals surface area contributed by atoms with Crippen molar-refractivity contribution in [1.29, 1.82) is 0 Å². The smallest absolute Gasteiger partial charge is 0.237 e. The first-order valence-electron chi connectivity index (χ1n) is 6.83. The Balaban J connectivity index is 2.23. The number of likely N-dealkylation sites (tertiary alicyclic amines) is 1. The van der Waals surface area contributed by atoms with Crippen molar-refractivity contribution >= 4 is 11.7 Å². The van der Waals surface area contributed by atoms with Crippen LogP contribution in [0, 0.1) is 5.41 Å². The lowest BCUT2D eigenvalue weighted by Gasteiger charge is -2.47. The van der Waals surface area contributed by atoms with Gasteiger partial charge in [-0.25, -0.2) is 0 Å². The Labute approximate surface area is 108 Å². The highest BCUT2D eigenvalue weighted by atomic mass is 16.4. The number of rotatable bonds is 2. The Bertz CT molecular complexity index is 353. The molecule has 2 unspecified atom stereocenters. The number of amides is 1. The van der Waals surface area contributed by atoms with Crippen LogP contribution in [0.15, 0.2) is 5.16 Å². The van der Waals surface area contributed by atoms with Gasteiger partial charge in [0.1, 0.15) is 5.41 Å². The van der Waals surface area contributed by atoms with Crippen molar-refractivity contribution in [3.05, 3.63) is 0 Å². The van der Waals surface area contributed by atoms with E-state index in [-0.39, 0.29) is 23.8 Å². The number of piperidine rings is 1. The number of nitrogens with two attached hydrogens (primary N) is 1. The van der Waals surface area contributed by atoms with Crippen LogP contribution in [0.25, 0.3) is 0 Å². The van der Waals surface area contributed by atoms with E-state index in [1.54, 1.807) is 0 Å². The summed E-state index contributed by atoms with van der Waals surface area (Å²) in [6, 6.07) is 0.510. The molecule has 1 saturated heterocycles. The van der Waals surface area contributed by atoms with Crippen molar-refractivity contribution < 1.29 is 10.0 Å². The molecule has 2 aliphatic rings. The fourth-order valence-electron chi connectivity index (χ4n) is 3.27. The van der Waals surface area contributed by atoms with Gasteiger partial charge in [-0.3, -0.25) is 4.79 Å². The molecule has 0 radical (unpaired) electrons. The van der Waals surface area contributed by atoms with E-state index >= 15 is 0 Å². The molecule has 2 fully saturated rings. The second-order valence-electron chi connectivity index (χ2n) is 5.76. The first-order valence-corrected chi connectivity index (χ1v) is 6.83. The van der Waals surface area contributed by atoms with Gasteiger partial charge >= 0.3 is 0 Å². The van der Waals surface area contributed by atoms with Gasteiger partial charge in [-0.15, -0.1) is 0 Å². The summed E-state index contributed by atoms with van der Waals surface area (Å²) in [5.74, 6) is 0.146. The standard InChI is InChI=1S/C13H23N3O2/c1-9-5-3-6-10(2)16(9)12(17)13(7-4-8-13)11(14)15-18/h9-10,18H,3-8H2,1-2H3,(H2,14,15). The van der Waals surface area contributed by atoms with Gasteiger partial charge < -0.3 is 15.8 Å². The van der Waals surface area contributed by atoms with Crippen LogP contribution in [0.1, 0.15) is 52.4 Å². The minimum Gasteiger partial charge on any atom is -0.409 e. The summed E-state index contributed by atoms with van der Waals surface area (Å²) < 4.78 is 0. The molecule has 3 N–H and O–H groups in total. The predicted octanol–water partition coefficient (Wildman–Crippen LogP) is 1.69. The van der Waals surface area contributed by atoms with Crippen molar-refractivity contribution in [1.82, 2.24) is 4.90 Å². The molecule has 1 aliphatic heterocycles. The zero-order valence-electron chi connectivity index (χ0n) is 11.2. The number of amidine groups is 1. The highest BCUT2D eigenvalue weighted by Crippen LogP contribution is 2.44. The average molecular weight is 253 g/mol. The second kappa shape index (κ2) is 4.78. The van der Waals surface area contributed by atoms with Crippen molar-refractivity contribution in [3.63, 3.8) is 0 Å². The molecule has 0 aromatic rings. The molecule has 18 heavy (non-hydrogen) atoms. The molecule has 1 amide bonds. The Kier molecular flexibility index (Phi) is 3.50. The van der Waals surface area contributed by atoms with Gasteiger partial charge in [0.15, 0.2) is 5.84 Å². The number of hydrogen-bond donors (Lipinski definition) is 2. The minimum absolute atomic E-state index is 0.0590. The summed E-state index contributed by atoms with van der Waals surface area (Å²) in [6.45, 7) is 4.18. The molecule has 5 nitrogen and oxygen atoms in total. The molecule has 2 rings (SSSR count). The molecule has 5 heteroatoms. The van der Waals surface area contributed by atoms with Gasteiger partial charge in [-0.2, -0.15) is 0 Å². The van der Waals surface area contributed by atoms with Crippen LogP contribution < -0.4 is 5.73 Å². The van der Waals surface area contributed by atoms with Crippen LogP contribution in [0.4, 0.5) is 0 Å². The van der Waals surface area contributed by atoms with Crippen LogP contribution in [0.5, 0.6) is 0 Å². The van der Waals surface area contributed by atoms with Gasteiger partial charge in [0.05, 0.1) is 0 Å². The van der Waals surface area contributed by atoms with Crippen LogP contribution in [-0.4, -0.2) is 33.9 Å². The average Bonchev–Trinajstić information content (AvgIpc) is 2.27. The lowest BCUT2D eigenvalue weighted by Crippen LogP contribution is -2.60. The number of nitrogens with zero attached hydrogens (tertiary/aromatic N) is 2. The number of carbonyl (C=O) groups excluding carboxylic acids is 1. The fourth-order valence-corrected chi connectivity index (χ4v) is 3.27. The summed E-state index contributed by atoms with van der Waals surface area (Å²) in [7, 11) is 0. The Morgan fingerprint density at radius 1 is 1.28 bits per heavy atom. The molecule has 0 aromatic heterocycles. The van der Waals surface area contributed by atoms with Crippen molar-refractivity contribution in [2.24, 2.45) is 16.3 Å². The predicted molar refractivity (Wildman–Crippen MR) is 69.3 cm³/mol. The topological polar surface area (TPSA) is 78.9 Å². The highest BCUT2D eigenvalue weighted by Gasteiger charge is 2.52. The zero-order valence-corrected chi connectivity index (χ0v) is 11.2. The van der Waals surface area contributed by atoms with Gasteiger partial charge in [-0.1, -0.05) is 11.6 Å². The lowest BCUT2D eigenvalue weighted by atomic mass is 9.66. The molecular weight excluding hydrogens is 230 g/mol. The van der Waals surface area contributed by atoms with E-state index in [9.17, 15) is 4.79 Å². The van der Waals surface area contributed by atoms with Crippen molar-refractivity contribution in [3.8, 4) is 0 Å². The summed E-state index contributed by atoms with van der Waals surface area (Å²) in [4.78, 5) is 14.7. The maximum absolute atomic E-state index is 12.8. The van der Waals surface area contributed by atoms with Crippen LogP contribution in [-0.2, 0) is 4.79 Å². The van der Waals surface area contributed by atoms with Crippen molar-refractivity contribution in [2.45, 2.75) is 64.5 Å². The fraction of sp³-hybridized carbons (Fsp3) is 0.846. The van der Waals surface area contributed by atoms with Gasteiger partial charge in [0.25, 0.3) is 0 Å². The molecule has 1 aliphatic carbocycles. The van der Waals surface area contributed by atoms with E-state index in [4.69, 9.17) is 10.9 Å². The minimum atomic E-state index is -0.728. The summed E-state index contributed by atoms with van der Waals surface area (Å²) >= 11 is 0. The third kappa shape index (κ3) is 1.85. The van der Waals surface area contributed by atoms with E-state index in [1.807, 2.05) is 4.90 Å². The zero-order chi connectivity index (χ0) is 13.3. The van der Waals surface area contributed by atoms with E-state index in [2.05, 4.69) is 19.0 Å². The van der Waals surface area contributed by atoms with Crippen LogP contribution in [0.3, 0.4) is 0 Å². The SMILES string of the molecule is CC1CCCC(C)N1C(=O)C1(C(N)=NO)CCC1. The second-order valence-corrected chi connectivity index (χ2v) is 5.76. The third-order valence-corrected chi connectivity index (χ3v) is 4.64. The summed E-state index contributed by atoms with van der Waals surface area (Å²) in [5.41, 5.74) is 5.04. The molecule has 102 valence electrons. The monoisotopic (exact) mass is 253 g/mol. The van der Waals surface area contributed by atoms with Crippen LogP contribution >= 0.6 is 0 Å². The molecule has 0 spiro atoms. The number of oxime groups is 1. The van der Waals surface area contributed by atoms with Gasteiger partial charge in [0, 0.05) is 12.1 Å². The number of hydrogen-bond acceptors (Lipinski definition) is 3. The maximum atomic E-state index is 12.8. The van der Waals surface area contributed by atoms with E-state index in [0.717, 1.165) is 19.3 Å². The first kappa shape index (κ1) is 13.2. The molecule has 1 heterocycles. The largest absolute Gasteiger partial charge is 0.409 e. The first-order chi connectivity index (χ1) is 8.53. The van der Waals surface area contributed by atoms with Crippen LogP contribution in [0.2, 0.25) is 0 Å². The van der Waals surface area contributed by atoms with E-state index in [0.29, 0.717) is 12.8 Å². The van der Waals surface area contributed by atoms with E-state index < -0.39 is 5.41 Å². The van der Waals surface area contributed by atoms with Gasteiger partial charge in [0.2, 0.25) is 5.91 Å². The molecular formula is C13H23N3O2. The van der Waals surface area contributed by atoms with E-state index in [1.165, 1.54) is 6.42 Å². The third-order valence-electron chi connectivity index (χ3n) is 4.64. The Morgan fingerprint density at radius 3 is 2.22 bits per heavy atom. The van der Waals surface area contributed by atoms with Gasteiger partial charge in [-0.05, 0) is 46.0 Å². The molecule has 0 aromatic carbocycles. The Hall–Kier alpha value is -1.26. The highest BCUT2D eigenvalue weighted by molar-refractivity contribution is 6.07. The summed E-state index contributed by atoms with van der Waals surface area (Å²) in [6.07, 6.45) is 5.64. The Morgan fingerprint density at radius 2 is 1.83 bits per heavy atom. The maximum Gasteiger partial charge on any atom is 0.237 e. The number of carbonyl (C=O) groups is 1. The van der Waals surface area contributed by atoms with Crippen molar-refractivity contribution in [2.75, 3.05) is 0 Å². The molecule has 2 atom stereocenters. The lowest BCUT2D eigenvalue weighted by molar-refractivity contribution is -0.148. The normalized spacial score (nSPS) is 31.9. The molecule has 0 bridgehead atoms. The quantitative estimate of drug-likeness (QED) is 0.340. The summed E-state index contributed by atoms with van der Waals surface area (Å²) in [5, 5.41) is 12.0.